The number of carbonyl (C=O) groups excluding carboxylic acids is 1. The topological polar surface area (TPSA) is 159 Å². The molecule has 190 valence electrons. The van der Waals surface area contributed by atoms with Crippen molar-refractivity contribution in [1.29, 1.82) is 0 Å². The average Bonchev–Trinajstić information content (AvgIpc) is 3.64. The number of ether oxygens (including phenoxy) is 1. The lowest BCUT2D eigenvalue weighted by Gasteiger charge is -2.14. The summed E-state index contributed by atoms with van der Waals surface area (Å²) in [6, 6.07) is 9.62. The standard InChI is InChI=1S/C24H17Cl2N9O3/c25-13-2-3-17(34-11-19(26)32-33-34)14(7-13)15-8-22(36)35-18(4-5-20(35)30-15)23-29-10-16(31-23)12-1-6-21(28-9-12)38-24(27)37/h1-3,6-11,18H,4-5H2,(H2,27,37)(H,29,31)/t18-/m0/s1. The zero-order valence-electron chi connectivity index (χ0n) is 19.4. The summed E-state index contributed by atoms with van der Waals surface area (Å²) in [6.07, 6.45) is 5.04. The number of amides is 1. The molecule has 5 heterocycles. The summed E-state index contributed by atoms with van der Waals surface area (Å²) in [5.74, 6) is 1.34. The maximum Gasteiger partial charge on any atom is 0.411 e. The van der Waals surface area contributed by atoms with E-state index in [-0.39, 0.29) is 22.6 Å². The maximum absolute atomic E-state index is 13.4. The highest BCUT2D eigenvalue weighted by Gasteiger charge is 2.29. The number of benzene rings is 1. The number of hydrogen-bond acceptors (Lipinski definition) is 8. The number of nitrogens with two attached hydrogens (primary N) is 1. The highest BCUT2D eigenvalue weighted by atomic mass is 35.5. The number of imidazole rings is 1. The molecule has 12 nitrogen and oxygen atoms in total. The Balaban J connectivity index is 1.33. The minimum atomic E-state index is -0.939. The number of H-pyrrole nitrogens is 1. The van der Waals surface area contributed by atoms with Crippen molar-refractivity contribution in [2.24, 2.45) is 5.73 Å². The lowest BCUT2D eigenvalue weighted by atomic mass is 10.1. The number of aromatic amines is 1. The van der Waals surface area contributed by atoms with Crippen molar-refractivity contribution in [3.8, 4) is 34.1 Å². The van der Waals surface area contributed by atoms with Crippen LogP contribution >= 0.6 is 23.2 Å². The highest BCUT2D eigenvalue weighted by Crippen LogP contribution is 2.33. The lowest BCUT2D eigenvalue weighted by Crippen LogP contribution is -2.25. The van der Waals surface area contributed by atoms with Gasteiger partial charge in [-0.3, -0.25) is 9.36 Å². The van der Waals surface area contributed by atoms with Crippen LogP contribution in [-0.4, -0.2) is 45.6 Å². The number of aryl methyl sites for hydroxylation is 1. The molecule has 1 aromatic carbocycles. The third-order valence-electron chi connectivity index (χ3n) is 6.09. The Labute approximate surface area is 224 Å². The van der Waals surface area contributed by atoms with Crippen LogP contribution in [0.4, 0.5) is 4.79 Å². The molecule has 38 heavy (non-hydrogen) atoms. The number of halogens is 2. The second-order valence-electron chi connectivity index (χ2n) is 8.46. The molecule has 4 aromatic heterocycles. The summed E-state index contributed by atoms with van der Waals surface area (Å²) in [5.41, 5.74) is 7.94. The van der Waals surface area contributed by atoms with E-state index in [1.165, 1.54) is 23.0 Å². The average molecular weight is 550 g/mol. The number of pyridine rings is 1. The Kier molecular flexibility index (Phi) is 5.89. The van der Waals surface area contributed by atoms with Crippen LogP contribution in [0.5, 0.6) is 5.88 Å². The minimum absolute atomic E-state index is 0.0916. The van der Waals surface area contributed by atoms with Crippen molar-refractivity contribution >= 4 is 29.3 Å². The predicted octanol–water partition coefficient (Wildman–Crippen LogP) is 3.58. The fourth-order valence-corrected chi connectivity index (χ4v) is 4.77. The van der Waals surface area contributed by atoms with Gasteiger partial charge in [0.15, 0.2) is 5.15 Å². The third kappa shape index (κ3) is 4.40. The van der Waals surface area contributed by atoms with Crippen LogP contribution < -0.4 is 16.0 Å². The molecule has 0 radical (unpaired) electrons. The van der Waals surface area contributed by atoms with Crippen molar-refractivity contribution in [3.05, 3.63) is 87.2 Å². The van der Waals surface area contributed by atoms with Crippen LogP contribution in [0.25, 0.3) is 28.2 Å². The maximum atomic E-state index is 13.4. The van der Waals surface area contributed by atoms with E-state index in [2.05, 4.69) is 25.3 Å². The van der Waals surface area contributed by atoms with Gasteiger partial charge in [0.2, 0.25) is 5.88 Å². The lowest BCUT2D eigenvalue weighted by molar-refractivity contribution is 0.209. The molecule has 0 unspecified atom stereocenters. The Morgan fingerprint density at radius 3 is 2.74 bits per heavy atom. The first-order valence-corrected chi connectivity index (χ1v) is 12.1. The second-order valence-corrected chi connectivity index (χ2v) is 9.28. The molecule has 6 rings (SSSR count). The van der Waals surface area contributed by atoms with Crippen LogP contribution in [-0.2, 0) is 6.42 Å². The number of fused-ring (bicyclic) bond motifs is 1. The molecule has 1 amide bonds. The van der Waals surface area contributed by atoms with Crippen molar-refractivity contribution in [2.75, 3.05) is 0 Å². The largest absolute Gasteiger partial charge is 0.411 e. The molecular weight excluding hydrogens is 533 g/mol. The van der Waals surface area contributed by atoms with Gasteiger partial charge in [-0.2, -0.15) is 0 Å². The van der Waals surface area contributed by atoms with E-state index in [0.29, 0.717) is 52.2 Å². The molecule has 14 heteroatoms. The predicted molar refractivity (Wildman–Crippen MR) is 137 cm³/mol. The highest BCUT2D eigenvalue weighted by molar-refractivity contribution is 6.31. The van der Waals surface area contributed by atoms with E-state index < -0.39 is 6.09 Å². The summed E-state index contributed by atoms with van der Waals surface area (Å²) in [5, 5.41) is 8.58. The van der Waals surface area contributed by atoms with Gasteiger partial charge in [-0.1, -0.05) is 28.4 Å². The zero-order valence-corrected chi connectivity index (χ0v) is 20.9. The smallest absolute Gasteiger partial charge is 0.391 e. The number of aromatic nitrogens is 8. The molecule has 1 aliphatic heterocycles. The van der Waals surface area contributed by atoms with Crippen molar-refractivity contribution in [2.45, 2.75) is 18.9 Å². The van der Waals surface area contributed by atoms with Crippen molar-refractivity contribution < 1.29 is 9.53 Å². The molecule has 3 N–H and O–H groups in total. The van der Waals surface area contributed by atoms with Gasteiger partial charge in [0, 0.05) is 40.9 Å². The molecule has 1 atom stereocenters. The van der Waals surface area contributed by atoms with Gasteiger partial charge >= 0.3 is 6.09 Å². The van der Waals surface area contributed by atoms with Gasteiger partial charge < -0.3 is 15.5 Å². The molecule has 0 aliphatic carbocycles. The Hall–Kier alpha value is -4.55. The molecule has 1 aliphatic rings. The number of primary amides is 1. The fraction of sp³-hybridized carbons (Fsp3) is 0.125. The van der Waals surface area contributed by atoms with E-state index in [0.717, 1.165) is 5.56 Å². The van der Waals surface area contributed by atoms with E-state index in [4.69, 9.17) is 38.7 Å². The molecule has 5 aromatic rings. The van der Waals surface area contributed by atoms with Gasteiger partial charge in [-0.15, -0.1) is 5.10 Å². The summed E-state index contributed by atoms with van der Waals surface area (Å²) in [7, 11) is 0. The van der Waals surface area contributed by atoms with Gasteiger partial charge in [-0.05, 0) is 30.7 Å². The second kappa shape index (κ2) is 9.39. The molecule has 0 spiro atoms. The van der Waals surface area contributed by atoms with Gasteiger partial charge in [-0.25, -0.2) is 24.4 Å². The van der Waals surface area contributed by atoms with Crippen molar-refractivity contribution in [3.63, 3.8) is 0 Å². The molecule has 0 saturated heterocycles. The van der Waals surface area contributed by atoms with Gasteiger partial charge in [0.25, 0.3) is 5.56 Å². The van der Waals surface area contributed by atoms with Crippen LogP contribution in [0.3, 0.4) is 0 Å². The Bertz CT molecular complexity index is 1740. The molecular formula is C24H17Cl2N9O3. The molecule has 0 fully saturated rings. The summed E-state index contributed by atoms with van der Waals surface area (Å²) in [6.45, 7) is 0. The summed E-state index contributed by atoms with van der Waals surface area (Å²) < 4.78 is 7.91. The van der Waals surface area contributed by atoms with Crippen molar-refractivity contribution in [1.82, 2.24) is 39.5 Å². The van der Waals surface area contributed by atoms with Crippen LogP contribution in [0, 0.1) is 0 Å². The normalized spacial score (nSPS) is 14.4. The van der Waals surface area contributed by atoms with E-state index in [1.807, 2.05) is 0 Å². The minimum Gasteiger partial charge on any atom is -0.391 e. The number of carbonyl (C=O) groups is 1. The Morgan fingerprint density at radius 1 is 1.13 bits per heavy atom. The fourth-order valence-electron chi connectivity index (χ4n) is 4.47. The number of hydrogen-bond donors (Lipinski definition) is 2. The van der Waals surface area contributed by atoms with Crippen LogP contribution in [0.15, 0.2) is 59.8 Å². The first-order chi connectivity index (χ1) is 18.4. The van der Waals surface area contributed by atoms with Crippen LogP contribution in [0.1, 0.15) is 24.1 Å². The zero-order chi connectivity index (χ0) is 26.4. The number of rotatable bonds is 5. The number of nitrogens with one attached hydrogen (secondary N) is 1. The first-order valence-electron chi connectivity index (χ1n) is 11.3. The monoisotopic (exact) mass is 549 g/mol. The molecule has 0 saturated carbocycles. The van der Waals surface area contributed by atoms with E-state index in [1.54, 1.807) is 41.2 Å². The van der Waals surface area contributed by atoms with Crippen LogP contribution in [0.2, 0.25) is 10.2 Å². The summed E-state index contributed by atoms with van der Waals surface area (Å²) >= 11 is 12.2. The summed E-state index contributed by atoms with van der Waals surface area (Å²) in [4.78, 5) is 40.9. The van der Waals surface area contributed by atoms with E-state index in [9.17, 15) is 9.59 Å². The quantitative estimate of drug-likeness (QED) is 0.336. The third-order valence-corrected chi connectivity index (χ3v) is 6.50. The van der Waals surface area contributed by atoms with Gasteiger partial charge in [0.1, 0.15) is 11.6 Å². The molecule has 0 bridgehead atoms. The Morgan fingerprint density at radius 2 is 2.00 bits per heavy atom. The first kappa shape index (κ1) is 23.8. The number of nitrogens with zero attached hydrogens (tertiary/aromatic N) is 7. The SMILES string of the molecule is NC(=O)Oc1ccc(-c2cnc([C@@H]3CCc4nc(-c5cc(Cl)ccc5-n5cc(Cl)nn5)cc(=O)n43)[nH]2)cn1. The van der Waals surface area contributed by atoms with Gasteiger partial charge in [0.05, 0.1) is 35.5 Å². The van der Waals surface area contributed by atoms with E-state index >= 15 is 0 Å².